The van der Waals surface area contributed by atoms with Crippen LogP contribution in [0.1, 0.15) is 5.56 Å². The van der Waals surface area contributed by atoms with E-state index < -0.39 is 0 Å². The maximum Gasteiger partial charge on any atom is 0.0844 e. The lowest BCUT2D eigenvalue weighted by molar-refractivity contribution is 1.47. The Kier molecular flexibility index (Phi) is 3.33. The van der Waals surface area contributed by atoms with Gasteiger partial charge in [-0.05, 0) is 56.2 Å². The van der Waals surface area contributed by atoms with Crippen molar-refractivity contribution in [3.63, 3.8) is 0 Å². The zero-order valence-corrected chi connectivity index (χ0v) is 12.6. The van der Waals surface area contributed by atoms with Crippen LogP contribution in [0.15, 0.2) is 22.0 Å². The van der Waals surface area contributed by atoms with Crippen LogP contribution in [-0.4, -0.2) is 0 Å². The van der Waals surface area contributed by atoms with Crippen LogP contribution < -0.4 is 0 Å². The summed E-state index contributed by atoms with van der Waals surface area (Å²) in [5.41, 5.74) is 1.33. The minimum Gasteiger partial charge on any atom is -0.127 e. The Morgan fingerprint density at radius 2 is 2.15 bits per heavy atom. The lowest BCUT2D eigenvalue weighted by Crippen LogP contribution is -1.75. The van der Waals surface area contributed by atoms with Crippen molar-refractivity contribution in [2.75, 3.05) is 0 Å². The average molecular weight is 432 g/mol. The van der Waals surface area contributed by atoms with Crippen molar-refractivity contribution in [2.45, 2.75) is 5.33 Å². The molecule has 0 bridgehead atoms. The summed E-state index contributed by atoms with van der Waals surface area (Å²) in [4.78, 5) is 0. The van der Waals surface area contributed by atoms with Crippen molar-refractivity contribution in [1.29, 1.82) is 0 Å². The van der Waals surface area contributed by atoms with Crippen molar-refractivity contribution in [3.8, 4) is 0 Å². The third-order valence-corrected chi connectivity index (χ3v) is 6.52. The first kappa shape index (κ1) is 10.4. The van der Waals surface area contributed by atoms with Gasteiger partial charge in [-0.2, -0.15) is 0 Å². The van der Waals surface area contributed by atoms with Crippen molar-refractivity contribution < 1.29 is 0 Å². The SMILES string of the molecule is BrCc1ccc2sc(Br)c(I)c2c1. The van der Waals surface area contributed by atoms with Gasteiger partial charge in [0.25, 0.3) is 0 Å². The van der Waals surface area contributed by atoms with Crippen molar-refractivity contribution >= 4 is 75.9 Å². The van der Waals surface area contributed by atoms with Crippen LogP contribution in [0.5, 0.6) is 0 Å². The van der Waals surface area contributed by atoms with Gasteiger partial charge in [-0.1, -0.05) is 22.0 Å². The highest BCUT2D eigenvalue weighted by Gasteiger charge is 2.07. The van der Waals surface area contributed by atoms with Gasteiger partial charge in [0.15, 0.2) is 0 Å². The van der Waals surface area contributed by atoms with Gasteiger partial charge in [-0.25, -0.2) is 0 Å². The molecule has 0 aliphatic rings. The second-order valence-corrected chi connectivity index (χ2v) is 6.66. The second-order valence-electron chi connectivity index (χ2n) is 2.65. The van der Waals surface area contributed by atoms with E-state index in [1.165, 1.54) is 23.0 Å². The minimum atomic E-state index is 0.923. The Hall–Kier alpha value is 0.870. The van der Waals surface area contributed by atoms with Gasteiger partial charge in [0.05, 0.1) is 3.79 Å². The van der Waals surface area contributed by atoms with Crippen LogP contribution in [0.25, 0.3) is 10.1 Å². The Balaban J connectivity index is 2.75. The molecule has 4 heteroatoms. The zero-order valence-electron chi connectivity index (χ0n) is 6.48. The fraction of sp³-hybridized carbons (Fsp3) is 0.111. The van der Waals surface area contributed by atoms with Gasteiger partial charge in [0.1, 0.15) is 0 Å². The van der Waals surface area contributed by atoms with E-state index in [2.05, 4.69) is 72.6 Å². The molecule has 0 aliphatic heterocycles. The molecule has 2 aromatic rings. The standard InChI is InChI=1S/C9H5Br2IS/c10-4-5-1-2-7-6(3-5)8(12)9(11)13-7/h1-3H,4H2. The molecule has 0 atom stereocenters. The van der Waals surface area contributed by atoms with Crippen molar-refractivity contribution in [1.82, 2.24) is 0 Å². The van der Waals surface area contributed by atoms with Gasteiger partial charge in [-0.15, -0.1) is 11.3 Å². The van der Waals surface area contributed by atoms with Crippen LogP contribution in [0.2, 0.25) is 0 Å². The summed E-state index contributed by atoms with van der Waals surface area (Å²) in [5, 5.41) is 2.28. The summed E-state index contributed by atoms with van der Waals surface area (Å²) < 4.78 is 3.90. The minimum absolute atomic E-state index is 0.923. The molecule has 0 nitrogen and oxygen atoms in total. The average Bonchev–Trinajstić information content (AvgIpc) is 2.43. The molecule has 0 fully saturated rings. The first-order chi connectivity index (χ1) is 6.22. The number of alkyl halides is 1. The molecule has 68 valence electrons. The molecular weight excluding hydrogens is 427 g/mol. The third kappa shape index (κ3) is 1.96. The molecule has 0 unspecified atom stereocenters. The smallest absolute Gasteiger partial charge is 0.0844 e. The quantitative estimate of drug-likeness (QED) is 0.432. The zero-order chi connectivity index (χ0) is 9.42. The van der Waals surface area contributed by atoms with Gasteiger partial charge < -0.3 is 0 Å². The summed E-state index contributed by atoms with van der Waals surface area (Å²) in [6.45, 7) is 0. The Bertz CT molecular complexity index is 450. The van der Waals surface area contributed by atoms with Gasteiger partial charge >= 0.3 is 0 Å². The molecule has 13 heavy (non-hydrogen) atoms. The van der Waals surface area contributed by atoms with E-state index in [-0.39, 0.29) is 0 Å². The van der Waals surface area contributed by atoms with Crippen LogP contribution in [0.4, 0.5) is 0 Å². The number of fused-ring (bicyclic) bond motifs is 1. The van der Waals surface area contributed by atoms with Crippen molar-refractivity contribution in [2.24, 2.45) is 0 Å². The van der Waals surface area contributed by atoms with Gasteiger partial charge in [0.2, 0.25) is 0 Å². The molecule has 1 aromatic heterocycles. The molecule has 0 saturated carbocycles. The number of hydrogen-bond acceptors (Lipinski definition) is 1. The second kappa shape index (κ2) is 4.16. The first-order valence-electron chi connectivity index (χ1n) is 3.65. The monoisotopic (exact) mass is 430 g/mol. The summed E-state index contributed by atoms with van der Waals surface area (Å²) in [5.74, 6) is 0. The first-order valence-corrected chi connectivity index (χ1v) is 7.45. The van der Waals surface area contributed by atoms with Crippen LogP contribution in [0.3, 0.4) is 0 Å². The molecule has 0 spiro atoms. The molecular formula is C9H5Br2IS. The van der Waals surface area contributed by atoms with E-state index in [0.717, 1.165) is 5.33 Å². The predicted molar refractivity (Wildman–Crippen MR) is 74.9 cm³/mol. The third-order valence-electron chi connectivity index (χ3n) is 1.81. The largest absolute Gasteiger partial charge is 0.127 e. The Labute approximate surface area is 111 Å². The summed E-state index contributed by atoms with van der Waals surface area (Å²) in [6, 6.07) is 6.59. The van der Waals surface area contributed by atoms with Crippen molar-refractivity contribution in [3.05, 3.63) is 31.1 Å². The van der Waals surface area contributed by atoms with Gasteiger partial charge in [-0.3, -0.25) is 0 Å². The maximum atomic E-state index is 3.55. The fourth-order valence-corrected chi connectivity index (χ4v) is 4.01. The lowest BCUT2D eigenvalue weighted by Gasteiger charge is -1.95. The fourth-order valence-electron chi connectivity index (χ4n) is 1.17. The number of rotatable bonds is 1. The molecule has 0 amide bonds. The van der Waals surface area contributed by atoms with Gasteiger partial charge in [0, 0.05) is 19.0 Å². The van der Waals surface area contributed by atoms with Crippen LogP contribution in [0, 0.1) is 3.57 Å². The normalized spacial score (nSPS) is 11.0. The topological polar surface area (TPSA) is 0 Å². The number of halogens is 3. The number of benzene rings is 1. The van der Waals surface area contributed by atoms with E-state index in [9.17, 15) is 0 Å². The highest BCUT2D eigenvalue weighted by Crippen LogP contribution is 2.36. The summed E-state index contributed by atoms with van der Waals surface area (Å²) in [6.07, 6.45) is 0. The predicted octanol–water partition coefficient (Wildman–Crippen LogP) is 5.16. The molecule has 0 radical (unpaired) electrons. The highest BCUT2D eigenvalue weighted by molar-refractivity contribution is 14.1. The van der Waals surface area contributed by atoms with Crippen LogP contribution >= 0.6 is 65.8 Å². The van der Waals surface area contributed by atoms with E-state index in [1.54, 1.807) is 11.3 Å². The summed E-state index contributed by atoms with van der Waals surface area (Å²) >= 11 is 11.2. The summed E-state index contributed by atoms with van der Waals surface area (Å²) in [7, 11) is 0. The molecule has 0 N–H and O–H groups in total. The Morgan fingerprint density at radius 3 is 2.85 bits per heavy atom. The van der Waals surface area contributed by atoms with E-state index in [1.807, 2.05) is 0 Å². The number of thiophene rings is 1. The van der Waals surface area contributed by atoms with E-state index >= 15 is 0 Å². The van der Waals surface area contributed by atoms with E-state index in [4.69, 9.17) is 0 Å². The maximum absolute atomic E-state index is 3.55. The number of hydrogen-bond donors (Lipinski definition) is 0. The molecule has 1 heterocycles. The molecule has 2 rings (SSSR count). The lowest BCUT2D eigenvalue weighted by atomic mass is 10.2. The van der Waals surface area contributed by atoms with E-state index in [0.29, 0.717) is 0 Å². The molecule has 0 aliphatic carbocycles. The molecule has 0 saturated heterocycles. The highest BCUT2D eigenvalue weighted by atomic mass is 127. The molecule has 1 aromatic carbocycles. The van der Waals surface area contributed by atoms with Crippen LogP contribution in [-0.2, 0) is 5.33 Å². The Morgan fingerprint density at radius 1 is 1.38 bits per heavy atom.